The fraction of sp³-hybridized carbons (Fsp3) is 0.647. The Morgan fingerprint density at radius 3 is 2.00 bits per heavy atom. The topological polar surface area (TPSA) is 38.7 Å². The van der Waals surface area contributed by atoms with E-state index < -0.39 is 33.1 Å². The molecule has 0 saturated carbocycles. The largest absolute Gasteiger partial charge is 0.220 e. The molecule has 1 N–H and O–H groups in total. The fourth-order valence-electron chi connectivity index (χ4n) is 2.42. The first kappa shape index (κ1) is 23.6. The first-order valence-electron chi connectivity index (χ1n) is 8.57. The van der Waals surface area contributed by atoms with Gasteiger partial charge in [0.2, 0.25) is 0 Å². The van der Waals surface area contributed by atoms with Crippen molar-refractivity contribution in [3.8, 4) is 0 Å². The number of unbranched alkanes of at least 4 members (excludes halogenated alkanes) is 5. The van der Waals surface area contributed by atoms with E-state index in [1.165, 1.54) is 25.7 Å². The summed E-state index contributed by atoms with van der Waals surface area (Å²) in [6.45, 7) is 4.10. The van der Waals surface area contributed by atoms with Crippen LogP contribution in [0.4, 0.5) is 17.6 Å². The lowest BCUT2D eigenvalue weighted by Crippen LogP contribution is -2.05. The SMILES string of the molecule is CCCCCCCCC(C)CSc1c(F)c(F)c(SOOO)c(F)c1F. The number of hydrogen-bond acceptors (Lipinski definition) is 5. The zero-order chi connectivity index (χ0) is 19.5. The third kappa shape index (κ3) is 7.26. The summed E-state index contributed by atoms with van der Waals surface area (Å²) in [5.74, 6) is -5.62. The molecule has 1 aromatic carbocycles. The Kier molecular flexibility index (Phi) is 11.6. The van der Waals surface area contributed by atoms with Crippen LogP contribution in [0.15, 0.2) is 9.79 Å². The summed E-state index contributed by atoms with van der Waals surface area (Å²) in [6.07, 6.45) is 7.82. The fourth-order valence-corrected chi connectivity index (χ4v) is 3.90. The van der Waals surface area contributed by atoms with Crippen molar-refractivity contribution in [2.75, 3.05) is 5.75 Å². The number of benzene rings is 1. The van der Waals surface area contributed by atoms with Gasteiger partial charge in [0.1, 0.15) is 4.90 Å². The van der Waals surface area contributed by atoms with Gasteiger partial charge < -0.3 is 0 Å². The first-order valence-corrected chi connectivity index (χ1v) is 10.3. The molecule has 0 aliphatic heterocycles. The molecule has 1 rings (SSSR count). The monoisotopic (exact) mass is 416 g/mol. The van der Waals surface area contributed by atoms with Gasteiger partial charge in [-0.1, -0.05) is 57.4 Å². The molecule has 0 bridgehead atoms. The van der Waals surface area contributed by atoms with Crippen molar-refractivity contribution >= 4 is 23.8 Å². The molecule has 3 nitrogen and oxygen atoms in total. The van der Waals surface area contributed by atoms with Crippen molar-refractivity contribution in [3.05, 3.63) is 23.3 Å². The maximum Gasteiger partial charge on any atom is 0.179 e. The van der Waals surface area contributed by atoms with Gasteiger partial charge in [-0.15, -0.1) is 16.1 Å². The van der Waals surface area contributed by atoms with E-state index in [4.69, 9.17) is 5.26 Å². The summed E-state index contributed by atoms with van der Waals surface area (Å²) >= 11 is 0.597. The van der Waals surface area contributed by atoms with Gasteiger partial charge in [0.05, 0.1) is 16.9 Å². The van der Waals surface area contributed by atoms with E-state index in [1.54, 1.807) is 0 Å². The summed E-state index contributed by atoms with van der Waals surface area (Å²) < 4.78 is 59.7. The zero-order valence-corrected chi connectivity index (χ0v) is 16.5. The summed E-state index contributed by atoms with van der Waals surface area (Å²) in [5.41, 5.74) is 0. The van der Waals surface area contributed by atoms with E-state index in [-0.39, 0.29) is 18.0 Å². The van der Waals surface area contributed by atoms with Gasteiger partial charge in [0.25, 0.3) is 0 Å². The molecule has 0 aliphatic rings. The lowest BCUT2D eigenvalue weighted by atomic mass is 10.0. The second-order valence-electron chi connectivity index (χ2n) is 6.11. The van der Waals surface area contributed by atoms with Crippen LogP contribution in [0.25, 0.3) is 0 Å². The molecule has 0 radical (unpaired) electrons. The molecule has 1 atom stereocenters. The second-order valence-corrected chi connectivity index (χ2v) is 7.85. The number of thioether (sulfide) groups is 1. The van der Waals surface area contributed by atoms with Crippen molar-refractivity contribution < 1.29 is 32.2 Å². The maximum absolute atomic E-state index is 14.0. The van der Waals surface area contributed by atoms with Crippen molar-refractivity contribution in [2.45, 2.75) is 68.6 Å². The van der Waals surface area contributed by atoms with Crippen LogP contribution >= 0.6 is 23.8 Å². The first-order chi connectivity index (χ1) is 12.4. The summed E-state index contributed by atoms with van der Waals surface area (Å²) in [6, 6.07) is 0. The summed E-state index contributed by atoms with van der Waals surface area (Å²) in [4.78, 5) is -1.75. The van der Waals surface area contributed by atoms with E-state index in [9.17, 15) is 17.6 Å². The predicted molar refractivity (Wildman–Crippen MR) is 94.8 cm³/mol. The van der Waals surface area contributed by atoms with E-state index in [2.05, 4.69) is 16.3 Å². The summed E-state index contributed by atoms with van der Waals surface area (Å²) in [7, 11) is 0. The molecule has 1 unspecified atom stereocenters. The van der Waals surface area contributed by atoms with Gasteiger partial charge in [0.15, 0.2) is 23.3 Å². The third-order valence-corrected chi connectivity index (χ3v) is 5.93. The molecule has 9 heteroatoms. The van der Waals surface area contributed by atoms with Crippen LogP contribution in [0.5, 0.6) is 0 Å². The van der Waals surface area contributed by atoms with Crippen molar-refractivity contribution in [2.24, 2.45) is 5.92 Å². The Morgan fingerprint density at radius 2 is 1.42 bits per heavy atom. The van der Waals surface area contributed by atoms with E-state index in [1.807, 2.05) is 6.92 Å². The predicted octanol–water partition coefficient (Wildman–Crippen LogP) is 7.15. The van der Waals surface area contributed by atoms with Crippen LogP contribution in [-0.4, -0.2) is 11.0 Å². The molecule has 1 aromatic rings. The van der Waals surface area contributed by atoms with Crippen LogP contribution in [0.3, 0.4) is 0 Å². The van der Waals surface area contributed by atoms with Gasteiger partial charge >= 0.3 is 0 Å². The second kappa shape index (κ2) is 12.8. The molecule has 0 saturated heterocycles. The number of halogens is 4. The Bertz CT molecular complexity index is 532. The normalized spacial score (nSPS) is 12.6. The van der Waals surface area contributed by atoms with Gasteiger partial charge in [-0.25, -0.2) is 22.8 Å². The quantitative estimate of drug-likeness (QED) is 0.0703. The van der Waals surface area contributed by atoms with E-state index in [0.29, 0.717) is 5.75 Å². The summed E-state index contributed by atoms with van der Waals surface area (Å²) in [5, 5.41) is 11.2. The van der Waals surface area contributed by atoms with Crippen LogP contribution in [0.1, 0.15) is 58.8 Å². The molecule has 0 aliphatic carbocycles. The van der Waals surface area contributed by atoms with Crippen LogP contribution in [0, 0.1) is 29.2 Å². The average Bonchev–Trinajstić information content (AvgIpc) is 2.63. The highest BCUT2D eigenvalue weighted by molar-refractivity contribution is 7.99. The van der Waals surface area contributed by atoms with Crippen molar-refractivity contribution in [3.63, 3.8) is 0 Å². The maximum atomic E-state index is 14.0. The standard InChI is InChI=1S/C17H24F4O3S2/c1-3-4-5-6-7-8-9-11(2)10-25-16-12(18)14(20)17(26-24-23-22)15(21)13(16)19/h11,22H,3-10H2,1-2H3. The van der Waals surface area contributed by atoms with Crippen LogP contribution in [0.2, 0.25) is 0 Å². The van der Waals surface area contributed by atoms with Crippen LogP contribution in [-0.2, 0) is 9.37 Å². The Labute approximate surface area is 159 Å². The van der Waals surface area contributed by atoms with E-state index in [0.717, 1.165) is 31.0 Å². The molecular weight excluding hydrogens is 392 g/mol. The zero-order valence-electron chi connectivity index (χ0n) is 14.8. The smallest absolute Gasteiger partial charge is 0.179 e. The molecule has 0 heterocycles. The average molecular weight is 417 g/mol. The van der Waals surface area contributed by atoms with Gasteiger partial charge in [-0.3, -0.25) is 0 Å². The molecule has 0 amide bonds. The van der Waals surface area contributed by atoms with Gasteiger partial charge in [0, 0.05) is 5.75 Å². The molecule has 150 valence electrons. The molecule has 0 spiro atoms. The van der Waals surface area contributed by atoms with Crippen molar-refractivity contribution in [1.82, 2.24) is 0 Å². The lowest BCUT2D eigenvalue weighted by Gasteiger charge is -2.13. The molecule has 0 aromatic heterocycles. The molecule has 0 fully saturated rings. The minimum absolute atomic E-state index is 0.157. The number of rotatable bonds is 13. The minimum Gasteiger partial charge on any atom is -0.220 e. The molecule has 26 heavy (non-hydrogen) atoms. The van der Waals surface area contributed by atoms with Crippen molar-refractivity contribution in [1.29, 1.82) is 0 Å². The Morgan fingerprint density at radius 1 is 0.885 bits per heavy atom. The highest BCUT2D eigenvalue weighted by Gasteiger charge is 2.27. The lowest BCUT2D eigenvalue weighted by molar-refractivity contribution is -0.432. The highest BCUT2D eigenvalue weighted by atomic mass is 32.2. The van der Waals surface area contributed by atoms with E-state index >= 15 is 0 Å². The van der Waals surface area contributed by atoms with Gasteiger partial charge in [-0.2, -0.15) is 0 Å². The Hall–Kier alpha value is -0.480. The number of hydrogen-bond donors (Lipinski definition) is 1. The molecular formula is C17H24F4O3S2. The third-order valence-electron chi connectivity index (χ3n) is 3.89. The van der Waals surface area contributed by atoms with Crippen LogP contribution < -0.4 is 0 Å². The highest BCUT2D eigenvalue weighted by Crippen LogP contribution is 2.37. The van der Waals surface area contributed by atoms with Gasteiger partial charge in [-0.05, 0) is 12.3 Å². The Balaban J connectivity index is 2.59. The minimum atomic E-state index is -1.59.